The van der Waals surface area contributed by atoms with Crippen LogP contribution in [0.5, 0.6) is 0 Å². The number of carboxylic acids is 2. The molecule has 1 aliphatic heterocycles. The number of carbonyl (C=O) groups excluding carboxylic acids is 1. The molecule has 17 heteroatoms. The van der Waals surface area contributed by atoms with Gasteiger partial charge in [0.2, 0.25) is 0 Å². The zero-order valence-electron chi connectivity index (χ0n) is 23.2. The third kappa shape index (κ3) is 10.4. The van der Waals surface area contributed by atoms with Crippen molar-refractivity contribution in [2.24, 2.45) is 5.92 Å². The summed E-state index contributed by atoms with van der Waals surface area (Å²) in [5, 5.41) is 26.1. The van der Waals surface area contributed by atoms with Gasteiger partial charge in [-0.15, -0.1) is 10.2 Å². The van der Waals surface area contributed by atoms with Crippen molar-refractivity contribution in [2.75, 3.05) is 32.7 Å². The number of pyridine rings is 1. The minimum absolute atomic E-state index is 0.0388. The van der Waals surface area contributed by atoms with Crippen molar-refractivity contribution in [3.63, 3.8) is 0 Å². The van der Waals surface area contributed by atoms with Gasteiger partial charge in [0.05, 0.1) is 11.6 Å². The van der Waals surface area contributed by atoms with E-state index >= 15 is 0 Å². The number of alkyl halides is 6. The molecule has 11 nitrogen and oxygen atoms in total. The predicted octanol–water partition coefficient (Wildman–Crippen LogP) is 3.61. The molecule has 0 spiro atoms. The average molecular weight is 613 g/mol. The lowest BCUT2D eigenvalue weighted by Crippen LogP contribution is -2.51. The molecule has 0 radical (unpaired) electrons. The molecule has 3 N–H and O–H groups in total. The Morgan fingerprint density at radius 2 is 1.57 bits per heavy atom. The third-order valence-electron chi connectivity index (χ3n) is 6.39. The van der Waals surface area contributed by atoms with E-state index in [1.165, 1.54) is 19.4 Å². The van der Waals surface area contributed by atoms with E-state index in [-0.39, 0.29) is 11.9 Å². The lowest BCUT2D eigenvalue weighted by Gasteiger charge is -2.42. The highest BCUT2D eigenvalue weighted by atomic mass is 19.4. The maximum Gasteiger partial charge on any atom is 0.490 e. The Morgan fingerprint density at radius 1 is 1.00 bits per heavy atom. The minimum atomic E-state index is -5.08. The van der Waals surface area contributed by atoms with Crippen LogP contribution < -0.4 is 5.32 Å². The minimum Gasteiger partial charge on any atom is -0.475 e. The fourth-order valence-corrected chi connectivity index (χ4v) is 4.14. The molecular formula is C25H34F6N6O5. The van der Waals surface area contributed by atoms with E-state index in [0.717, 1.165) is 43.4 Å². The molecule has 0 aromatic carbocycles. The van der Waals surface area contributed by atoms with Gasteiger partial charge < -0.3 is 15.5 Å². The van der Waals surface area contributed by atoms with E-state index in [0.29, 0.717) is 18.2 Å². The zero-order chi connectivity index (χ0) is 31.8. The van der Waals surface area contributed by atoms with E-state index in [4.69, 9.17) is 19.8 Å². The summed E-state index contributed by atoms with van der Waals surface area (Å²) in [6.07, 6.45) is -4.60. The van der Waals surface area contributed by atoms with Gasteiger partial charge in [0, 0.05) is 45.0 Å². The van der Waals surface area contributed by atoms with Gasteiger partial charge in [-0.2, -0.15) is 26.3 Å². The first-order chi connectivity index (χ1) is 19.4. The number of rotatable bonds is 7. The topological polar surface area (TPSA) is 140 Å². The fourth-order valence-electron chi connectivity index (χ4n) is 4.14. The highest BCUT2D eigenvalue weighted by Crippen LogP contribution is 2.33. The lowest BCUT2D eigenvalue weighted by atomic mass is 10.1. The van der Waals surface area contributed by atoms with Gasteiger partial charge in [-0.1, -0.05) is 6.92 Å². The molecule has 2 aromatic rings. The number of carbonyl (C=O) groups is 3. The molecule has 3 heterocycles. The smallest absolute Gasteiger partial charge is 0.475 e. The molecule has 0 bridgehead atoms. The maximum absolute atomic E-state index is 12.4. The Labute approximate surface area is 237 Å². The van der Waals surface area contributed by atoms with E-state index in [9.17, 15) is 31.1 Å². The standard InChI is InChI=1S/C21H32N6O.2C2HF3O2/c1-4-9-22-21(28)17-7-8-19-23-24-20(27(19)13-17)18-14-25(12-16-5-6-16)10-11-26(18)15(2)3;2*3-2(4,5)1(6)7/h7-8,13,15-16,18H,4-6,9-12,14H2,1-3H3,(H,22,28);2*(H,6,7). The molecular weight excluding hydrogens is 578 g/mol. The van der Waals surface area contributed by atoms with Crippen molar-refractivity contribution < 1.29 is 50.9 Å². The molecule has 2 aliphatic rings. The molecule has 1 saturated heterocycles. The van der Waals surface area contributed by atoms with Crippen molar-refractivity contribution >= 4 is 23.5 Å². The van der Waals surface area contributed by atoms with Crippen LogP contribution in [0.2, 0.25) is 0 Å². The van der Waals surface area contributed by atoms with Gasteiger partial charge in [-0.25, -0.2) is 9.59 Å². The summed E-state index contributed by atoms with van der Waals surface area (Å²) in [4.78, 5) is 35.3. The number of amides is 1. The second-order valence-corrected chi connectivity index (χ2v) is 10.1. The number of carboxylic acid groups (broad SMARTS) is 2. The van der Waals surface area contributed by atoms with E-state index < -0.39 is 24.3 Å². The van der Waals surface area contributed by atoms with Crippen LogP contribution in [0, 0.1) is 5.92 Å². The Hall–Kier alpha value is -3.47. The molecule has 1 unspecified atom stereocenters. The average Bonchev–Trinajstić information content (AvgIpc) is 3.61. The molecule has 2 fully saturated rings. The number of hydrogen-bond acceptors (Lipinski definition) is 7. The Bertz CT molecular complexity index is 1190. The number of piperazine rings is 1. The fraction of sp³-hybridized carbons (Fsp3) is 0.640. The van der Waals surface area contributed by atoms with Crippen molar-refractivity contribution in [1.82, 2.24) is 29.7 Å². The largest absolute Gasteiger partial charge is 0.490 e. The Balaban J connectivity index is 0.000000367. The highest BCUT2D eigenvalue weighted by Gasteiger charge is 2.39. The molecule has 42 heavy (non-hydrogen) atoms. The number of nitrogens with one attached hydrogen (secondary N) is 1. The summed E-state index contributed by atoms with van der Waals surface area (Å²) in [7, 11) is 0. The van der Waals surface area contributed by atoms with E-state index in [1.807, 2.05) is 22.7 Å². The van der Waals surface area contributed by atoms with Gasteiger partial charge in [0.25, 0.3) is 5.91 Å². The summed E-state index contributed by atoms with van der Waals surface area (Å²) >= 11 is 0. The monoisotopic (exact) mass is 612 g/mol. The molecule has 1 amide bonds. The van der Waals surface area contributed by atoms with Gasteiger partial charge in [0.15, 0.2) is 11.5 Å². The van der Waals surface area contributed by atoms with Crippen molar-refractivity contribution in [3.05, 3.63) is 29.7 Å². The summed E-state index contributed by atoms with van der Waals surface area (Å²) in [5.74, 6) is -3.73. The number of halogens is 6. The third-order valence-corrected chi connectivity index (χ3v) is 6.39. The van der Waals surface area contributed by atoms with Gasteiger partial charge >= 0.3 is 24.3 Å². The molecule has 1 aliphatic carbocycles. The van der Waals surface area contributed by atoms with Crippen molar-refractivity contribution in [1.29, 1.82) is 0 Å². The predicted molar refractivity (Wildman–Crippen MR) is 137 cm³/mol. The summed E-state index contributed by atoms with van der Waals surface area (Å²) in [6, 6.07) is 4.36. The first kappa shape index (κ1) is 34.7. The van der Waals surface area contributed by atoms with Crippen molar-refractivity contribution in [3.8, 4) is 0 Å². The SMILES string of the molecule is CCCNC(=O)c1ccc2nnc(C3CN(CC4CC4)CCN3C(C)C)n2c1.O=C(O)C(F)(F)F.O=C(O)C(F)(F)F. The number of fused-ring (bicyclic) bond motifs is 1. The summed E-state index contributed by atoms with van der Waals surface area (Å²) in [5.41, 5.74) is 1.45. The molecule has 4 rings (SSSR count). The van der Waals surface area contributed by atoms with Crippen LogP contribution in [0.4, 0.5) is 26.3 Å². The number of aromatic nitrogens is 3. The van der Waals surface area contributed by atoms with Crippen LogP contribution in [0.3, 0.4) is 0 Å². The first-order valence-electron chi connectivity index (χ1n) is 13.2. The van der Waals surface area contributed by atoms with E-state index in [2.05, 4.69) is 46.1 Å². The van der Waals surface area contributed by atoms with Crippen molar-refractivity contribution in [2.45, 2.75) is 64.5 Å². The summed E-state index contributed by atoms with van der Waals surface area (Å²) in [6.45, 7) is 11.6. The molecule has 2 aromatic heterocycles. The Morgan fingerprint density at radius 3 is 2.05 bits per heavy atom. The van der Waals surface area contributed by atoms with Crippen LogP contribution in [-0.2, 0) is 9.59 Å². The zero-order valence-corrected chi connectivity index (χ0v) is 23.2. The number of hydrogen-bond donors (Lipinski definition) is 3. The van der Waals surface area contributed by atoms with Gasteiger partial charge in [0.1, 0.15) is 0 Å². The number of aliphatic carboxylic acids is 2. The molecule has 1 saturated carbocycles. The number of nitrogens with zero attached hydrogens (tertiary/aromatic N) is 5. The second-order valence-electron chi connectivity index (χ2n) is 10.1. The van der Waals surface area contributed by atoms with Gasteiger partial charge in [-0.05, 0) is 51.2 Å². The Kier molecular flexibility index (Phi) is 12.1. The van der Waals surface area contributed by atoms with Crippen LogP contribution in [0.1, 0.15) is 62.3 Å². The normalized spacial score (nSPS) is 18.1. The lowest BCUT2D eigenvalue weighted by molar-refractivity contribution is -0.193. The maximum atomic E-state index is 12.4. The van der Waals surface area contributed by atoms with Crippen LogP contribution in [0.15, 0.2) is 18.3 Å². The van der Waals surface area contributed by atoms with E-state index in [1.54, 1.807) is 0 Å². The first-order valence-corrected chi connectivity index (χ1v) is 13.2. The molecule has 236 valence electrons. The molecule has 1 atom stereocenters. The van der Waals surface area contributed by atoms with Gasteiger partial charge in [-0.3, -0.25) is 19.0 Å². The quantitative estimate of drug-likeness (QED) is 0.400. The van der Waals surface area contributed by atoms with Crippen LogP contribution in [0.25, 0.3) is 5.65 Å². The van der Waals surface area contributed by atoms with Crippen LogP contribution >= 0.6 is 0 Å². The van der Waals surface area contributed by atoms with Crippen LogP contribution in [-0.4, -0.2) is 104 Å². The summed E-state index contributed by atoms with van der Waals surface area (Å²) < 4.78 is 65.5. The highest BCUT2D eigenvalue weighted by molar-refractivity contribution is 5.94. The second kappa shape index (κ2) is 14.6.